The molecule has 0 amide bonds. The van der Waals surface area contributed by atoms with Gasteiger partial charge in [0.15, 0.2) is 0 Å². The highest BCUT2D eigenvalue weighted by Crippen LogP contribution is 2.35. The van der Waals surface area contributed by atoms with Crippen LogP contribution in [0.1, 0.15) is 17.2 Å². The van der Waals surface area contributed by atoms with Crippen LogP contribution in [0.3, 0.4) is 0 Å². The molecule has 1 N–H and O–H groups in total. The van der Waals surface area contributed by atoms with E-state index >= 15 is 0 Å². The van der Waals surface area contributed by atoms with Crippen LogP contribution in [0.15, 0.2) is 36.4 Å². The zero-order chi connectivity index (χ0) is 19.6. The minimum atomic E-state index is -4.81. The van der Waals surface area contributed by atoms with E-state index in [0.29, 0.717) is 31.7 Å². The van der Waals surface area contributed by atoms with E-state index in [1.165, 1.54) is 12.1 Å². The van der Waals surface area contributed by atoms with Gasteiger partial charge in [-0.25, -0.2) is 8.78 Å². The predicted molar refractivity (Wildman–Crippen MR) is 105 cm³/mol. The van der Waals surface area contributed by atoms with E-state index in [-0.39, 0.29) is 35.4 Å². The van der Waals surface area contributed by atoms with Crippen LogP contribution in [0.5, 0.6) is 5.75 Å². The van der Waals surface area contributed by atoms with Crippen LogP contribution in [0.2, 0.25) is 5.02 Å². The van der Waals surface area contributed by atoms with Gasteiger partial charge in [-0.3, -0.25) is 4.90 Å². The molecule has 0 radical (unpaired) electrons. The molecule has 162 valence electrons. The Morgan fingerprint density at radius 1 is 0.966 bits per heavy atom. The molecule has 11 heteroatoms. The summed E-state index contributed by atoms with van der Waals surface area (Å²) in [5.41, 5.74) is 0.261. The van der Waals surface area contributed by atoms with E-state index in [2.05, 4.69) is 10.1 Å². The molecule has 1 atom stereocenters. The molecule has 1 saturated heterocycles. The van der Waals surface area contributed by atoms with E-state index in [4.69, 9.17) is 11.6 Å². The van der Waals surface area contributed by atoms with Crippen LogP contribution in [0, 0.1) is 11.6 Å². The van der Waals surface area contributed by atoms with Crippen molar-refractivity contribution < 1.29 is 26.7 Å². The van der Waals surface area contributed by atoms with E-state index in [0.717, 1.165) is 24.3 Å². The summed E-state index contributed by atoms with van der Waals surface area (Å²) in [4.78, 5) is 1.87. The van der Waals surface area contributed by atoms with Gasteiger partial charge in [0.25, 0.3) is 0 Å². The minimum Gasteiger partial charge on any atom is -0.406 e. The molecule has 0 aliphatic carbocycles. The van der Waals surface area contributed by atoms with Gasteiger partial charge in [0.05, 0.1) is 6.04 Å². The molecule has 1 heterocycles. The van der Waals surface area contributed by atoms with Gasteiger partial charge >= 0.3 is 6.36 Å². The topological polar surface area (TPSA) is 24.5 Å². The molecule has 0 spiro atoms. The quantitative estimate of drug-likeness (QED) is 0.598. The van der Waals surface area contributed by atoms with Crippen LogP contribution < -0.4 is 10.1 Å². The lowest BCUT2D eigenvalue weighted by atomic mass is 9.95. The third kappa shape index (κ3) is 6.58. The van der Waals surface area contributed by atoms with Gasteiger partial charge in [0, 0.05) is 36.8 Å². The summed E-state index contributed by atoms with van der Waals surface area (Å²) >= 11 is 5.71. The van der Waals surface area contributed by atoms with Crippen molar-refractivity contribution in [3.8, 4) is 5.75 Å². The summed E-state index contributed by atoms with van der Waals surface area (Å²) < 4.78 is 70.0. The normalized spacial score (nSPS) is 15.8. The molecule has 0 saturated carbocycles. The molecule has 2 aromatic rings. The number of benzene rings is 2. The molecule has 1 aliphatic rings. The summed E-state index contributed by atoms with van der Waals surface area (Å²) in [6.07, 6.45) is -4.81. The van der Waals surface area contributed by atoms with Crippen molar-refractivity contribution in [1.29, 1.82) is 0 Å². The van der Waals surface area contributed by atoms with Crippen LogP contribution in [-0.2, 0) is 0 Å². The maximum absolute atomic E-state index is 14.6. The molecule has 29 heavy (non-hydrogen) atoms. The second-order valence-corrected chi connectivity index (χ2v) is 6.52. The minimum absolute atomic E-state index is 0. The predicted octanol–water partition coefficient (Wildman–Crippen LogP) is 5.36. The van der Waals surface area contributed by atoms with Gasteiger partial charge in [-0.05, 0) is 29.8 Å². The number of hydrogen-bond acceptors (Lipinski definition) is 3. The second-order valence-electron chi connectivity index (χ2n) is 6.09. The Kier molecular flexibility index (Phi) is 9.43. The molecule has 3 rings (SSSR count). The number of alkyl halides is 3. The summed E-state index contributed by atoms with van der Waals surface area (Å²) in [6.45, 7) is 2.30. The highest BCUT2D eigenvalue weighted by molar-refractivity contribution is 6.30. The maximum atomic E-state index is 14.6. The fourth-order valence-electron chi connectivity index (χ4n) is 3.17. The zero-order valence-corrected chi connectivity index (χ0v) is 17.2. The number of rotatable bonds is 4. The van der Waals surface area contributed by atoms with Gasteiger partial charge in [0.2, 0.25) is 0 Å². The van der Waals surface area contributed by atoms with Gasteiger partial charge in [0.1, 0.15) is 17.4 Å². The number of piperazine rings is 1. The van der Waals surface area contributed by atoms with Crippen molar-refractivity contribution >= 4 is 36.4 Å². The first-order chi connectivity index (χ1) is 12.7. The molecule has 2 aromatic carbocycles. The van der Waals surface area contributed by atoms with Gasteiger partial charge in [-0.1, -0.05) is 23.7 Å². The summed E-state index contributed by atoms with van der Waals surface area (Å²) in [6, 6.07) is 6.26. The first-order valence-electron chi connectivity index (χ1n) is 8.19. The molecular weight excluding hydrogens is 462 g/mol. The molecule has 0 aromatic heterocycles. The molecule has 1 fully saturated rings. The smallest absolute Gasteiger partial charge is 0.406 e. The SMILES string of the molecule is Cl.Cl.Fc1cc(Cl)cc(F)c1[C@@H](c1ccc(OC(F)(F)F)cc1)N1CCNCC1. The molecule has 0 unspecified atom stereocenters. The van der Waals surface area contributed by atoms with Crippen molar-refractivity contribution in [2.24, 2.45) is 0 Å². The van der Waals surface area contributed by atoms with E-state index in [1.807, 2.05) is 4.90 Å². The number of halogens is 8. The summed E-state index contributed by atoms with van der Waals surface area (Å²) in [5.74, 6) is -2.01. The average molecular weight is 480 g/mol. The maximum Gasteiger partial charge on any atom is 0.573 e. The zero-order valence-electron chi connectivity index (χ0n) is 14.8. The van der Waals surface area contributed by atoms with Gasteiger partial charge < -0.3 is 10.1 Å². The van der Waals surface area contributed by atoms with E-state index < -0.39 is 29.8 Å². The van der Waals surface area contributed by atoms with Crippen molar-refractivity contribution in [2.75, 3.05) is 26.2 Å². The fourth-order valence-corrected chi connectivity index (χ4v) is 3.36. The van der Waals surface area contributed by atoms with Crippen LogP contribution in [0.25, 0.3) is 0 Å². The number of nitrogens with zero attached hydrogens (tertiary/aromatic N) is 1. The average Bonchev–Trinajstić information content (AvgIpc) is 2.58. The Labute approximate surface area is 182 Å². The van der Waals surface area contributed by atoms with Gasteiger partial charge in [-0.2, -0.15) is 0 Å². The van der Waals surface area contributed by atoms with Crippen molar-refractivity contribution in [3.05, 3.63) is 64.2 Å². The van der Waals surface area contributed by atoms with Crippen molar-refractivity contribution in [1.82, 2.24) is 10.2 Å². The third-order valence-corrected chi connectivity index (χ3v) is 4.48. The first kappa shape index (κ1) is 25.7. The van der Waals surface area contributed by atoms with Crippen LogP contribution in [0.4, 0.5) is 22.0 Å². The van der Waals surface area contributed by atoms with Crippen LogP contribution in [-0.4, -0.2) is 37.4 Å². The Hall–Kier alpha value is -1.32. The van der Waals surface area contributed by atoms with E-state index in [9.17, 15) is 22.0 Å². The molecule has 0 bridgehead atoms. The molecular formula is C18H18Cl3F5N2O. The van der Waals surface area contributed by atoms with Gasteiger partial charge in [-0.15, -0.1) is 38.0 Å². The van der Waals surface area contributed by atoms with Crippen LogP contribution >= 0.6 is 36.4 Å². The lowest BCUT2D eigenvalue weighted by Crippen LogP contribution is -2.45. The Balaban J connectivity index is 0.00000210. The highest BCUT2D eigenvalue weighted by atomic mass is 35.5. The lowest BCUT2D eigenvalue weighted by Gasteiger charge is -2.36. The lowest BCUT2D eigenvalue weighted by molar-refractivity contribution is -0.274. The standard InChI is InChI=1S/C18H16ClF5N2O.2ClH/c19-12-9-14(20)16(15(21)10-12)17(26-7-5-25-6-8-26)11-1-3-13(4-2-11)27-18(22,23)24;;/h1-4,9-10,17,25H,5-8H2;2*1H/t17-;;/m1../s1. The summed E-state index contributed by atoms with van der Waals surface area (Å²) in [5, 5.41) is 3.08. The summed E-state index contributed by atoms with van der Waals surface area (Å²) in [7, 11) is 0. The number of hydrogen-bond donors (Lipinski definition) is 1. The number of ether oxygens (including phenoxy) is 1. The molecule has 1 aliphatic heterocycles. The second kappa shape index (κ2) is 10.6. The number of nitrogens with one attached hydrogen (secondary N) is 1. The first-order valence-corrected chi connectivity index (χ1v) is 8.57. The Bertz CT molecular complexity index is 776. The fraction of sp³-hybridized carbons (Fsp3) is 0.333. The Morgan fingerprint density at radius 2 is 1.48 bits per heavy atom. The van der Waals surface area contributed by atoms with E-state index in [1.54, 1.807) is 0 Å². The highest BCUT2D eigenvalue weighted by Gasteiger charge is 2.32. The molecule has 3 nitrogen and oxygen atoms in total. The third-order valence-electron chi connectivity index (χ3n) is 4.26. The Morgan fingerprint density at radius 3 is 1.97 bits per heavy atom. The monoisotopic (exact) mass is 478 g/mol. The largest absolute Gasteiger partial charge is 0.573 e. The van der Waals surface area contributed by atoms with Crippen molar-refractivity contribution in [2.45, 2.75) is 12.4 Å². The van der Waals surface area contributed by atoms with Crippen molar-refractivity contribution in [3.63, 3.8) is 0 Å².